The molecule has 6 nitrogen and oxygen atoms in total. The normalized spacial score (nSPS) is 16.1. The van der Waals surface area contributed by atoms with Gasteiger partial charge < -0.3 is 24.0 Å². The maximum absolute atomic E-state index is 12.4. The molecule has 31 heavy (non-hydrogen) atoms. The Hall–Kier alpha value is -2.73. The highest BCUT2D eigenvalue weighted by molar-refractivity contribution is 5.79. The minimum Gasteiger partial charge on any atom is -0.497 e. The fraction of sp³-hybridized carbons (Fsp3) is 0.480. The third kappa shape index (κ3) is 6.14. The summed E-state index contributed by atoms with van der Waals surface area (Å²) in [6, 6.07) is 14.1. The molecule has 1 aliphatic heterocycles. The number of hydrogen-bond acceptors (Lipinski definition) is 5. The zero-order chi connectivity index (χ0) is 22.2. The van der Waals surface area contributed by atoms with Crippen LogP contribution in [0.15, 0.2) is 42.5 Å². The van der Waals surface area contributed by atoms with Gasteiger partial charge in [0.25, 0.3) is 0 Å². The maximum Gasteiger partial charge on any atom is 0.223 e. The Morgan fingerprint density at radius 3 is 2.39 bits per heavy atom. The van der Waals surface area contributed by atoms with Crippen molar-refractivity contribution >= 4 is 5.91 Å². The van der Waals surface area contributed by atoms with Crippen LogP contribution in [0.1, 0.15) is 29.9 Å². The van der Waals surface area contributed by atoms with Crippen molar-refractivity contribution in [2.24, 2.45) is 0 Å². The number of carbonyl (C=O) groups excluding carboxylic acids is 1. The number of likely N-dealkylation sites (N-methyl/N-ethyl adjacent to an activating group) is 1. The quantitative estimate of drug-likeness (QED) is 0.550. The van der Waals surface area contributed by atoms with Crippen LogP contribution in [0.25, 0.3) is 0 Å². The third-order valence-electron chi connectivity index (χ3n) is 6.00. The van der Waals surface area contributed by atoms with E-state index in [2.05, 4.69) is 30.1 Å². The SMILES string of the molecule is COc1ccc([C@H]2CC(=O)N(CCCN(C)CCc3ccc(OC)c(OC)c3)C2)cc1. The molecule has 1 amide bonds. The summed E-state index contributed by atoms with van der Waals surface area (Å²) < 4.78 is 15.9. The molecule has 1 aliphatic rings. The minimum atomic E-state index is 0.258. The largest absolute Gasteiger partial charge is 0.497 e. The number of nitrogens with zero attached hydrogens (tertiary/aromatic N) is 2. The summed E-state index contributed by atoms with van der Waals surface area (Å²) in [5.74, 6) is 2.90. The molecule has 1 fully saturated rings. The van der Waals surface area contributed by atoms with Crippen LogP contribution in [0.4, 0.5) is 0 Å². The maximum atomic E-state index is 12.4. The Bertz CT molecular complexity index is 853. The molecule has 0 saturated carbocycles. The lowest BCUT2D eigenvalue weighted by Gasteiger charge is -2.21. The third-order valence-corrected chi connectivity index (χ3v) is 6.00. The van der Waals surface area contributed by atoms with Gasteiger partial charge in [0.05, 0.1) is 21.3 Å². The van der Waals surface area contributed by atoms with Gasteiger partial charge in [-0.05, 0) is 61.8 Å². The second-order valence-electron chi connectivity index (χ2n) is 8.11. The average molecular weight is 427 g/mol. The molecule has 0 N–H and O–H groups in total. The summed E-state index contributed by atoms with van der Waals surface area (Å²) in [7, 11) is 7.11. The van der Waals surface area contributed by atoms with E-state index < -0.39 is 0 Å². The van der Waals surface area contributed by atoms with Gasteiger partial charge in [0.2, 0.25) is 5.91 Å². The molecule has 0 bridgehead atoms. The topological polar surface area (TPSA) is 51.2 Å². The summed E-state index contributed by atoms with van der Waals surface area (Å²) in [6.07, 6.45) is 2.52. The fourth-order valence-corrected chi connectivity index (χ4v) is 4.09. The summed E-state index contributed by atoms with van der Waals surface area (Å²) in [4.78, 5) is 16.8. The van der Waals surface area contributed by atoms with Crippen molar-refractivity contribution in [3.63, 3.8) is 0 Å². The van der Waals surface area contributed by atoms with Crippen molar-refractivity contribution in [1.82, 2.24) is 9.80 Å². The highest BCUT2D eigenvalue weighted by atomic mass is 16.5. The number of methoxy groups -OCH3 is 3. The number of ether oxygens (including phenoxy) is 3. The first-order valence-corrected chi connectivity index (χ1v) is 10.8. The molecule has 168 valence electrons. The predicted octanol–water partition coefficient (Wildman–Crippen LogP) is 3.59. The van der Waals surface area contributed by atoms with Gasteiger partial charge >= 0.3 is 0 Å². The van der Waals surface area contributed by atoms with Gasteiger partial charge in [0.15, 0.2) is 11.5 Å². The molecule has 2 aromatic carbocycles. The van der Waals surface area contributed by atoms with Crippen LogP contribution in [0.3, 0.4) is 0 Å². The lowest BCUT2D eigenvalue weighted by molar-refractivity contribution is -0.127. The second-order valence-corrected chi connectivity index (χ2v) is 8.11. The summed E-state index contributed by atoms with van der Waals surface area (Å²) >= 11 is 0. The van der Waals surface area contributed by atoms with E-state index in [0.717, 1.165) is 56.3 Å². The van der Waals surface area contributed by atoms with E-state index >= 15 is 0 Å². The van der Waals surface area contributed by atoms with Gasteiger partial charge in [-0.25, -0.2) is 0 Å². The zero-order valence-electron chi connectivity index (χ0n) is 19.1. The van der Waals surface area contributed by atoms with Crippen molar-refractivity contribution in [3.8, 4) is 17.2 Å². The van der Waals surface area contributed by atoms with Crippen molar-refractivity contribution in [2.45, 2.75) is 25.2 Å². The molecule has 6 heteroatoms. The molecule has 0 aromatic heterocycles. The molecular formula is C25H34N2O4. The summed E-state index contributed by atoms with van der Waals surface area (Å²) in [5, 5.41) is 0. The molecule has 1 heterocycles. The fourth-order valence-electron chi connectivity index (χ4n) is 4.09. The van der Waals surface area contributed by atoms with Crippen LogP contribution in [-0.2, 0) is 11.2 Å². The molecule has 3 rings (SSSR count). The number of carbonyl (C=O) groups is 1. The van der Waals surface area contributed by atoms with Gasteiger partial charge in [-0.1, -0.05) is 18.2 Å². The first-order chi connectivity index (χ1) is 15.0. The minimum absolute atomic E-state index is 0.258. The van der Waals surface area contributed by atoms with Gasteiger partial charge in [-0.2, -0.15) is 0 Å². The number of hydrogen-bond donors (Lipinski definition) is 0. The van der Waals surface area contributed by atoms with E-state index in [0.29, 0.717) is 6.42 Å². The van der Waals surface area contributed by atoms with Crippen molar-refractivity contribution in [3.05, 3.63) is 53.6 Å². The first-order valence-electron chi connectivity index (χ1n) is 10.8. The summed E-state index contributed by atoms with van der Waals surface area (Å²) in [6.45, 7) is 3.54. The van der Waals surface area contributed by atoms with Crippen LogP contribution < -0.4 is 14.2 Å². The Labute approximate surface area is 185 Å². The van der Waals surface area contributed by atoms with Crippen LogP contribution in [0.2, 0.25) is 0 Å². The highest BCUT2D eigenvalue weighted by Crippen LogP contribution is 2.30. The van der Waals surface area contributed by atoms with E-state index in [1.54, 1.807) is 21.3 Å². The van der Waals surface area contributed by atoms with E-state index in [4.69, 9.17) is 14.2 Å². The number of amides is 1. The van der Waals surface area contributed by atoms with Gasteiger partial charge in [0.1, 0.15) is 5.75 Å². The van der Waals surface area contributed by atoms with Gasteiger partial charge in [-0.15, -0.1) is 0 Å². The first kappa shape index (κ1) is 22.9. The molecule has 0 aliphatic carbocycles. The van der Waals surface area contributed by atoms with E-state index in [1.165, 1.54) is 11.1 Å². The van der Waals surface area contributed by atoms with E-state index in [-0.39, 0.29) is 11.8 Å². The van der Waals surface area contributed by atoms with Gasteiger partial charge in [-0.3, -0.25) is 4.79 Å². The second kappa shape index (κ2) is 11.0. The van der Waals surface area contributed by atoms with Crippen molar-refractivity contribution in [2.75, 3.05) is 54.6 Å². The Balaban J connectivity index is 1.41. The highest BCUT2D eigenvalue weighted by Gasteiger charge is 2.30. The van der Waals surface area contributed by atoms with Crippen molar-refractivity contribution < 1.29 is 19.0 Å². The van der Waals surface area contributed by atoms with Crippen LogP contribution in [0.5, 0.6) is 17.2 Å². The molecule has 0 radical (unpaired) electrons. The number of rotatable bonds is 11. The smallest absolute Gasteiger partial charge is 0.223 e. The molecule has 0 spiro atoms. The Morgan fingerprint density at radius 1 is 0.968 bits per heavy atom. The lowest BCUT2D eigenvalue weighted by atomic mass is 9.98. The van der Waals surface area contributed by atoms with E-state index in [1.807, 2.05) is 29.2 Å². The molecule has 2 aromatic rings. The monoisotopic (exact) mass is 426 g/mol. The summed E-state index contributed by atoms with van der Waals surface area (Å²) in [5.41, 5.74) is 2.44. The average Bonchev–Trinajstić information content (AvgIpc) is 3.17. The van der Waals surface area contributed by atoms with Crippen LogP contribution >= 0.6 is 0 Å². The predicted molar refractivity (Wildman–Crippen MR) is 122 cm³/mol. The lowest BCUT2D eigenvalue weighted by Crippen LogP contribution is -2.30. The standard InChI is InChI=1S/C25H34N2O4/c1-26(15-12-19-6-11-23(30-3)24(16-19)31-4)13-5-14-27-18-21(17-25(27)28)20-7-9-22(29-2)10-8-20/h6-11,16,21H,5,12-15,17-18H2,1-4H3/t21-/m0/s1. The molecular weight excluding hydrogens is 392 g/mol. The Kier molecular flexibility index (Phi) is 8.18. The van der Waals surface area contributed by atoms with Crippen LogP contribution in [-0.4, -0.2) is 70.3 Å². The number of benzene rings is 2. The number of likely N-dealkylation sites (tertiary alicyclic amines) is 1. The Morgan fingerprint density at radius 2 is 1.71 bits per heavy atom. The molecule has 0 unspecified atom stereocenters. The zero-order valence-corrected chi connectivity index (χ0v) is 19.1. The van der Waals surface area contributed by atoms with Gasteiger partial charge in [0, 0.05) is 32.0 Å². The molecule has 1 atom stereocenters. The van der Waals surface area contributed by atoms with Crippen LogP contribution in [0, 0.1) is 0 Å². The molecule has 1 saturated heterocycles. The van der Waals surface area contributed by atoms with Crippen molar-refractivity contribution in [1.29, 1.82) is 0 Å². The van der Waals surface area contributed by atoms with E-state index in [9.17, 15) is 4.79 Å².